The summed E-state index contributed by atoms with van der Waals surface area (Å²) in [6.07, 6.45) is 1.63. The molecule has 0 aromatic carbocycles. The minimum absolute atomic E-state index is 0.427. The van der Waals surface area contributed by atoms with Crippen LogP contribution in [0.15, 0.2) is 36.7 Å². The predicted molar refractivity (Wildman–Crippen MR) is 114 cm³/mol. The van der Waals surface area contributed by atoms with E-state index in [4.69, 9.17) is 4.74 Å². The molecule has 0 bridgehead atoms. The van der Waals surface area contributed by atoms with Gasteiger partial charge < -0.3 is 20.5 Å². The van der Waals surface area contributed by atoms with Crippen LogP contribution in [0.2, 0.25) is 0 Å². The SMILES string of the molecule is Cc1ccc(-c2ccc(C(C)NC(=O)C(NC(=O)OC(C)(C)C)C(C)O)nc2)cn1. The number of hydrogen-bond donors (Lipinski definition) is 3. The average Bonchev–Trinajstić information content (AvgIpc) is 2.65. The number of alkyl carbamates (subject to hydrolysis) is 1. The van der Waals surface area contributed by atoms with Crippen molar-refractivity contribution in [3.05, 3.63) is 48.0 Å². The molecule has 2 rings (SSSR count). The molecule has 3 unspecified atom stereocenters. The minimum atomic E-state index is -1.15. The maximum absolute atomic E-state index is 12.6. The van der Waals surface area contributed by atoms with Gasteiger partial charge in [0.25, 0.3) is 0 Å². The smallest absolute Gasteiger partial charge is 0.408 e. The Morgan fingerprint density at radius 1 is 1.00 bits per heavy atom. The topological polar surface area (TPSA) is 113 Å². The van der Waals surface area contributed by atoms with E-state index in [9.17, 15) is 14.7 Å². The predicted octanol–water partition coefficient (Wildman–Crippen LogP) is 2.90. The quantitative estimate of drug-likeness (QED) is 0.670. The Bertz CT molecular complexity index is 858. The van der Waals surface area contributed by atoms with Crippen LogP contribution in [0.25, 0.3) is 11.1 Å². The van der Waals surface area contributed by atoms with Gasteiger partial charge in [0.05, 0.1) is 17.8 Å². The van der Waals surface area contributed by atoms with Crippen molar-refractivity contribution < 1.29 is 19.4 Å². The number of ether oxygens (including phenoxy) is 1. The molecular weight excluding hydrogens is 384 g/mol. The van der Waals surface area contributed by atoms with Gasteiger partial charge in [0.2, 0.25) is 5.91 Å². The molecule has 2 heterocycles. The van der Waals surface area contributed by atoms with E-state index in [1.807, 2.05) is 31.2 Å². The number of nitrogens with one attached hydrogen (secondary N) is 2. The largest absolute Gasteiger partial charge is 0.444 e. The number of aliphatic hydroxyl groups is 1. The molecule has 2 aromatic heterocycles. The van der Waals surface area contributed by atoms with E-state index in [1.54, 1.807) is 40.1 Å². The summed E-state index contributed by atoms with van der Waals surface area (Å²) in [5.74, 6) is -0.531. The molecule has 162 valence electrons. The lowest BCUT2D eigenvalue weighted by Crippen LogP contribution is -2.53. The minimum Gasteiger partial charge on any atom is -0.444 e. The monoisotopic (exact) mass is 414 g/mol. The van der Waals surface area contributed by atoms with Gasteiger partial charge in [0.15, 0.2) is 0 Å². The summed E-state index contributed by atoms with van der Waals surface area (Å²) in [4.78, 5) is 33.3. The van der Waals surface area contributed by atoms with Crippen molar-refractivity contribution >= 4 is 12.0 Å². The van der Waals surface area contributed by atoms with Crippen LogP contribution < -0.4 is 10.6 Å². The summed E-state index contributed by atoms with van der Waals surface area (Å²) in [5, 5.41) is 15.1. The van der Waals surface area contributed by atoms with Crippen LogP contribution in [0.1, 0.15) is 52.0 Å². The van der Waals surface area contributed by atoms with Crippen molar-refractivity contribution in [2.45, 2.75) is 65.3 Å². The van der Waals surface area contributed by atoms with Crippen LogP contribution in [-0.4, -0.2) is 44.8 Å². The molecule has 3 N–H and O–H groups in total. The van der Waals surface area contributed by atoms with Gasteiger partial charge in [0, 0.05) is 29.2 Å². The second-order valence-electron chi connectivity index (χ2n) is 8.25. The van der Waals surface area contributed by atoms with E-state index >= 15 is 0 Å². The summed E-state index contributed by atoms with van der Waals surface area (Å²) in [7, 11) is 0. The summed E-state index contributed by atoms with van der Waals surface area (Å²) in [6.45, 7) is 10.3. The van der Waals surface area contributed by atoms with Crippen molar-refractivity contribution in [3.63, 3.8) is 0 Å². The Morgan fingerprint density at radius 2 is 1.60 bits per heavy atom. The number of rotatable bonds is 6. The molecule has 3 atom stereocenters. The van der Waals surface area contributed by atoms with Crippen molar-refractivity contribution in [1.82, 2.24) is 20.6 Å². The lowest BCUT2D eigenvalue weighted by Gasteiger charge is -2.25. The molecule has 0 aliphatic carbocycles. The second-order valence-corrected chi connectivity index (χ2v) is 8.25. The zero-order chi connectivity index (χ0) is 22.5. The number of amides is 2. The van der Waals surface area contributed by atoms with Crippen LogP contribution in [0.4, 0.5) is 4.79 Å². The number of aliphatic hydroxyl groups excluding tert-OH is 1. The van der Waals surface area contributed by atoms with Gasteiger partial charge in [-0.15, -0.1) is 0 Å². The van der Waals surface area contributed by atoms with Gasteiger partial charge in [-0.05, 0) is 53.7 Å². The standard InChI is InChI=1S/C22H30N4O4/c1-13-7-8-16(11-23-13)17-9-10-18(24-12-17)14(2)25-20(28)19(15(3)27)26-21(29)30-22(4,5)6/h7-12,14-15,19,27H,1-6H3,(H,25,28)(H,26,29). The first kappa shape index (κ1) is 23.3. The number of carbonyl (C=O) groups is 2. The van der Waals surface area contributed by atoms with Crippen molar-refractivity contribution in [3.8, 4) is 11.1 Å². The maximum atomic E-state index is 12.6. The molecule has 8 nitrogen and oxygen atoms in total. The van der Waals surface area contributed by atoms with Crippen LogP contribution >= 0.6 is 0 Å². The zero-order valence-electron chi connectivity index (χ0n) is 18.3. The molecule has 0 saturated heterocycles. The molecular formula is C22H30N4O4. The average molecular weight is 415 g/mol. The number of aryl methyl sites for hydroxylation is 1. The third kappa shape index (κ3) is 6.81. The highest BCUT2D eigenvalue weighted by Gasteiger charge is 2.29. The fourth-order valence-corrected chi connectivity index (χ4v) is 2.69. The van der Waals surface area contributed by atoms with E-state index in [1.165, 1.54) is 6.92 Å². The van der Waals surface area contributed by atoms with Crippen molar-refractivity contribution in [2.75, 3.05) is 0 Å². The van der Waals surface area contributed by atoms with Crippen LogP contribution in [-0.2, 0) is 9.53 Å². The van der Waals surface area contributed by atoms with Gasteiger partial charge in [-0.1, -0.05) is 12.1 Å². The van der Waals surface area contributed by atoms with E-state index in [0.717, 1.165) is 16.8 Å². The van der Waals surface area contributed by atoms with Crippen LogP contribution in [0.3, 0.4) is 0 Å². The fourth-order valence-electron chi connectivity index (χ4n) is 2.69. The molecule has 0 aliphatic rings. The van der Waals surface area contributed by atoms with Gasteiger partial charge in [-0.25, -0.2) is 4.79 Å². The molecule has 2 amide bonds. The number of pyridine rings is 2. The molecule has 0 spiro atoms. The zero-order valence-corrected chi connectivity index (χ0v) is 18.3. The first-order valence-corrected chi connectivity index (χ1v) is 9.83. The van der Waals surface area contributed by atoms with E-state index in [-0.39, 0.29) is 0 Å². The highest BCUT2D eigenvalue weighted by Crippen LogP contribution is 2.19. The normalized spacial score (nSPS) is 14.4. The van der Waals surface area contributed by atoms with Gasteiger partial charge in [-0.3, -0.25) is 14.8 Å². The third-order valence-electron chi connectivity index (χ3n) is 4.27. The molecule has 8 heteroatoms. The lowest BCUT2D eigenvalue weighted by atomic mass is 10.1. The Labute approximate surface area is 177 Å². The maximum Gasteiger partial charge on any atom is 0.408 e. The van der Waals surface area contributed by atoms with E-state index in [2.05, 4.69) is 20.6 Å². The fraction of sp³-hybridized carbons (Fsp3) is 0.455. The lowest BCUT2D eigenvalue weighted by molar-refractivity contribution is -0.126. The number of carbonyl (C=O) groups excluding carboxylic acids is 2. The molecule has 0 aliphatic heterocycles. The molecule has 0 fully saturated rings. The summed E-state index contributed by atoms with van der Waals surface area (Å²) >= 11 is 0. The first-order valence-electron chi connectivity index (χ1n) is 9.83. The molecule has 0 radical (unpaired) electrons. The Hall–Kier alpha value is -3.00. The number of hydrogen-bond acceptors (Lipinski definition) is 6. The Balaban J connectivity index is 2.03. The number of nitrogens with zero attached hydrogens (tertiary/aromatic N) is 2. The van der Waals surface area contributed by atoms with E-state index < -0.39 is 35.8 Å². The van der Waals surface area contributed by atoms with Crippen LogP contribution in [0, 0.1) is 6.92 Å². The molecule has 30 heavy (non-hydrogen) atoms. The number of aromatic nitrogens is 2. The van der Waals surface area contributed by atoms with Crippen LogP contribution in [0.5, 0.6) is 0 Å². The van der Waals surface area contributed by atoms with Gasteiger partial charge >= 0.3 is 6.09 Å². The summed E-state index contributed by atoms with van der Waals surface area (Å²) in [6, 6.07) is 6.05. The van der Waals surface area contributed by atoms with Crippen molar-refractivity contribution in [1.29, 1.82) is 0 Å². The third-order valence-corrected chi connectivity index (χ3v) is 4.27. The van der Waals surface area contributed by atoms with Crippen molar-refractivity contribution in [2.24, 2.45) is 0 Å². The van der Waals surface area contributed by atoms with Gasteiger partial charge in [-0.2, -0.15) is 0 Å². The summed E-state index contributed by atoms with van der Waals surface area (Å²) < 4.78 is 5.16. The Kier molecular flexibility index (Phi) is 7.50. The first-order chi connectivity index (χ1) is 14.0. The highest BCUT2D eigenvalue weighted by molar-refractivity contribution is 5.86. The van der Waals surface area contributed by atoms with E-state index in [0.29, 0.717) is 5.69 Å². The molecule has 0 saturated carbocycles. The second kappa shape index (κ2) is 9.67. The van der Waals surface area contributed by atoms with Gasteiger partial charge in [0.1, 0.15) is 11.6 Å². The summed E-state index contributed by atoms with van der Waals surface area (Å²) in [5.41, 5.74) is 2.74. The highest BCUT2D eigenvalue weighted by atomic mass is 16.6. The Morgan fingerprint density at radius 3 is 2.07 bits per heavy atom. The molecule has 2 aromatic rings.